The maximum atomic E-state index is 9.64. The minimum atomic E-state index is -0.581. The number of nitrogens with one attached hydrogen (secondary N) is 1. The van der Waals surface area contributed by atoms with Crippen LogP contribution >= 0.6 is 0 Å². The van der Waals surface area contributed by atoms with Gasteiger partial charge in [-0.2, -0.15) is 0 Å². The fourth-order valence-electron chi connectivity index (χ4n) is 1.50. The Balaban J connectivity index is 1.95. The fraction of sp³-hybridized carbons (Fsp3) is 0.923. The minimum Gasteiger partial charge on any atom is -0.389 e. The third-order valence-electron chi connectivity index (χ3n) is 2.81. The average Bonchev–Trinajstić information content (AvgIpc) is 3.20. The second-order valence-electron chi connectivity index (χ2n) is 4.84. The number of ether oxygens (including phenoxy) is 2. The van der Waals surface area contributed by atoms with Crippen LogP contribution in [0.5, 0.6) is 0 Å². The topological polar surface area (TPSA) is 89.1 Å². The molecule has 0 amide bonds. The molecule has 1 saturated carbocycles. The van der Waals surface area contributed by atoms with Gasteiger partial charge in [0.05, 0.1) is 19.3 Å². The van der Waals surface area contributed by atoms with Gasteiger partial charge in [-0.3, -0.25) is 4.99 Å². The monoisotopic (exact) mass is 273 g/mol. The largest absolute Gasteiger partial charge is 0.389 e. The molecule has 0 aromatic rings. The standard InChI is InChI=1S/C13H27N3O3/c1-2-18-7-3-6-15-13(14)16-8-12(17)10-19-9-11-4-5-11/h11-12,17H,2-10H2,1H3,(H3,14,15,16). The number of hydrogen-bond donors (Lipinski definition) is 3. The van der Waals surface area contributed by atoms with Crippen LogP contribution in [0.1, 0.15) is 26.2 Å². The van der Waals surface area contributed by atoms with E-state index in [4.69, 9.17) is 15.2 Å². The predicted molar refractivity (Wildman–Crippen MR) is 75.2 cm³/mol. The summed E-state index contributed by atoms with van der Waals surface area (Å²) in [4.78, 5) is 4.07. The van der Waals surface area contributed by atoms with Crippen molar-refractivity contribution in [2.45, 2.75) is 32.3 Å². The average molecular weight is 273 g/mol. The third kappa shape index (κ3) is 9.69. The summed E-state index contributed by atoms with van der Waals surface area (Å²) in [7, 11) is 0. The molecule has 4 N–H and O–H groups in total. The molecule has 1 rings (SSSR count). The molecular formula is C13H27N3O3. The van der Waals surface area contributed by atoms with Gasteiger partial charge in [0.1, 0.15) is 0 Å². The van der Waals surface area contributed by atoms with Gasteiger partial charge in [0.15, 0.2) is 5.96 Å². The number of guanidine groups is 1. The zero-order chi connectivity index (χ0) is 13.9. The van der Waals surface area contributed by atoms with Gasteiger partial charge >= 0.3 is 0 Å². The van der Waals surface area contributed by atoms with Crippen LogP contribution in [0, 0.1) is 5.92 Å². The number of hydrogen-bond acceptors (Lipinski definition) is 4. The lowest BCUT2D eigenvalue weighted by molar-refractivity contribution is 0.0368. The second-order valence-corrected chi connectivity index (χ2v) is 4.84. The maximum absolute atomic E-state index is 9.64. The van der Waals surface area contributed by atoms with Gasteiger partial charge in [0.2, 0.25) is 0 Å². The summed E-state index contributed by atoms with van der Waals surface area (Å²) >= 11 is 0. The SMILES string of the molecule is CCOCCCNC(N)=NCC(O)COCC1CC1. The van der Waals surface area contributed by atoms with Crippen LogP contribution < -0.4 is 11.1 Å². The van der Waals surface area contributed by atoms with E-state index in [1.165, 1.54) is 12.8 Å². The summed E-state index contributed by atoms with van der Waals surface area (Å²) in [6.45, 7) is 5.50. The number of nitrogens with two attached hydrogens (primary N) is 1. The highest BCUT2D eigenvalue weighted by Crippen LogP contribution is 2.28. The van der Waals surface area contributed by atoms with E-state index in [-0.39, 0.29) is 6.54 Å². The van der Waals surface area contributed by atoms with E-state index in [2.05, 4.69) is 10.3 Å². The first-order chi connectivity index (χ1) is 9.22. The lowest BCUT2D eigenvalue weighted by atomic mass is 10.4. The van der Waals surface area contributed by atoms with Gasteiger partial charge in [-0.25, -0.2) is 0 Å². The fourth-order valence-corrected chi connectivity index (χ4v) is 1.50. The summed E-state index contributed by atoms with van der Waals surface area (Å²) in [6.07, 6.45) is 2.82. The van der Waals surface area contributed by atoms with Crippen molar-refractivity contribution in [2.24, 2.45) is 16.6 Å². The van der Waals surface area contributed by atoms with Crippen LogP contribution in [0.15, 0.2) is 4.99 Å². The van der Waals surface area contributed by atoms with Gasteiger partial charge in [-0.05, 0) is 32.1 Å². The van der Waals surface area contributed by atoms with Crippen LogP contribution in [0.2, 0.25) is 0 Å². The molecule has 0 spiro atoms. The van der Waals surface area contributed by atoms with Crippen LogP contribution in [0.4, 0.5) is 0 Å². The molecule has 1 fully saturated rings. The maximum Gasteiger partial charge on any atom is 0.188 e. The Morgan fingerprint density at radius 3 is 2.95 bits per heavy atom. The highest BCUT2D eigenvalue weighted by atomic mass is 16.5. The first kappa shape index (κ1) is 16.2. The summed E-state index contributed by atoms with van der Waals surface area (Å²) in [5.41, 5.74) is 5.67. The Labute approximate surface area is 115 Å². The molecule has 112 valence electrons. The zero-order valence-electron chi connectivity index (χ0n) is 11.8. The molecule has 19 heavy (non-hydrogen) atoms. The summed E-state index contributed by atoms with van der Waals surface area (Å²) in [5, 5.41) is 12.6. The van der Waals surface area contributed by atoms with Crippen molar-refractivity contribution in [1.29, 1.82) is 0 Å². The van der Waals surface area contributed by atoms with Crippen molar-refractivity contribution in [3.63, 3.8) is 0 Å². The number of aliphatic hydroxyl groups excluding tert-OH is 1. The molecule has 0 radical (unpaired) electrons. The molecular weight excluding hydrogens is 246 g/mol. The quantitative estimate of drug-likeness (QED) is 0.282. The number of nitrogens with zero attached hydrogens (tertiary/aromatic N) is 1. The van der Waals surface area contributed by atoms with Crippen molar-refractivity contribution in [3.8, 4) is 0 Å². The molecule has 6 nitrogen and oxygen atoms in total. The van der Waals surface area contributed by atoms with Gasteiger partial charge in [-0.1, -0.05) is 0 Å². The van der Waals surface area contributed by atoms with Crippen molar-refractivity contribution in [1.82, 2.24) is 5.32 Å². The molecule has 0 saturated heterocycles. The van der Waals surface area contributed by atoms with Gasteiger partial charge in [0.25, 0.3) is 0 Å². The minimum absolute atomic E-state index is 0.273. The van der Waals surface area contributed by atoms with Crippen molar-refractivity contribution in [3.05, 3.63) is 0 Å². The lowest BCUT2D eigenvalue weighted by Gasteiger charge is -2.10. The molecule has 6 heteroatoms. The van der Waals surface area contributed by atoms with E-state index < -0.39 is 6.10 Å². The Hall–Kier alpha value is -0.850. The summed E-state index contributed by atoms with van der Waals surface area (Å²) < 4.78 is 10.6. The summed E-state index contributed by atoms with van der Waals surface area (Å²) in [6, 6.07) is 0. The number of aliphatic imine (C=N–C) groups is 1. The van der Waals surface area contributed by atoms with E-state index in [0.29, 0.717) is 25.1 Å². The van der Waals surface area contributed by atoms with E-state index in [9.17, 15) is 5.11 Å². The molecule has 0 bridgehead atoms. The molecule has 1 atom stereocenters. The number of rotatable bonds is 11. The normalized spacial score (nSPS) is 17.5. The smallest absolute Gasteiger partial charge is 0.188 e. The third-order valence-corrected chi connectivity index (χ3v) is 2.81. The van der Waals surface area contributed by atoms with Crippen LogP contribution in [0.25, 0.3) is 0 Å². The lowest BCUT2D eigenvalue weighted by Crippen LogP contribution is -2.34. The number of aliphatic hydroxyl groups is 1. The molecule has 1 aliphatic rings. The molecule has 0 aliphatic heterocycles. The van der Waals surface area contributed by atoms with Crippen LogP contribution in [-0.2, 0) is 9.47 Å². The Morgan fingerprint density at radius 1 is 1.47 bits per heavy atom. The zero-order valence-corrected chi connectivity index (χ0v) is 11.8. The first-order valence-corrected chi connectivity index (χ1v) is 7.09. The van der Waals surface area contributed by atoms with E-state index in [0.717, 1.165) is 26.2 Å². The second kappa shape index (κ2) is 10.00. The Kier molecular flexibility index (Phi) is 8.53. The van der Waals surface area contributed by atoms with Crippen LogP contribution in [-0.4, -0.2) is 56.7 Å². The Bertz CT molecular complexity index is 258. The van der Waals surface area contributed by atoms with Crippen LogP contribution in [0.3, 0.4) is 0 Å². The van der Waals surface area contributed by atoms with Gasteiger partial charge in [0, 0.05) is 26.4 Å². The van der Waals surface area contributed by atoms with Gasteiger partial charge < -0.3 is 25.6 Å². The molecule has 1 aliphatic carbocycles. The van der Waals surface area contributed by atoms with E-state index in [1.54, 1.807) is 0 Å². The predicted octanol–water partition coefficient (Wildman–Crippen LogP) is 0.105. The molecule has 0 aromatic heterocycles. The summed E-state index contributed by atoms with van der Waals surface area (Å²) in [5.74, 6) is 1.07. The highest BCUT2D eigenvalue weighted by Gasteiger charge is 2.21. The Morgan fingerprint density at radius 2 is 2.26 bits per heavy atom. The van der Waals surface area contributed by atoms with E-state index >= 15 is 0 Å². The van der Waals surface area contributed by atoms with E-state index in [1.807, 2.05) is 6.92 Å². The van der Waals surface area contributed by atoms with Gasteiger partial charge in [-0.15, -0.1) is 0 Å². The molecule has 0 aromatic carbocycles. The highest BCUT2D eigenvalue weighted by molar-refractivity contribution is 5.77. The molecule has 1 unspecified atom stereocenters. The first-order valence-electron chi connectivity index (χ1n) is 7.09. The van der Waals surface area contributed by atoms with Crippen molar-refractivity contribution >= 4 is 5.96 Å². The van der Waals surface area contributed by atoms with Crippen molar-refractivity contribution in [2.75, 3.05) is 39.5 Å². The molecule has 0 heterocycles. The van der Waals surface area contributed by atoms with Crippen molar-refractivity contribution < 1.29 is 14.6 Å².